The van der Waals surface area contributed by atoms with E-state index in [1.54, 1.807) is 49.5 Å². The van der Waals surface area contributed by atoms with Crippen molar-refractivity contribution in [2.75, 3.05) is 26.7 Å². The lowest BCUT2D eigenvalue weighted by molar-refractivity contribution is -0.580. The van der Waals surface area contributed by atoms with E-state index in [4.69, 9.17) is 14.9 Å². The van der Waals surface area contributed by atoms with Gasteiger partial charge in [-0.1, -0.05) is 0 Å². The molecule has 1 unspecified atom stereocenters. The van der Waals surface area contributed by atoms with E-state index >= 15 is 0 Å². The molecule has 1 fully saturated rings. The van der Waals surface area contributed by atoms with Gasteiger partial charge in [-0.15, -0.1) is 0 Å². The Balaban J connectivity index is 1.73. The summed E-state index contributed by atoms with van der Waals surface area (Å²) in [5.74, 6) is 2.51. The van der Waals surface area contributed by atoms with Gasteiger partial charge in [0, 0.05) is 43.5 Å². The lowest BCUT2D eigenvalue weighted by Gasteiger charge is -2.30. The highest BCUT2D eigenvalue weighted by Crippen LogP contribution is 2.28. The van der Waals surface area contributed by atoms with Gasteiger partial charge in [-0.2, -0.15) is 0 Å². The number of likely N-dealkylation sites (tertiary alicyclic amines) is 1. The largest absolute Gasteiger partial charge is 0.488 e. The minimum absolute atomic E-state index is 0.0511. The van der Waals surface area contributed by atoms with Crippen molar-refractivity contribution in [3.05, 3.63) is 65.9 Å². The van der Waals surface area contributed by atoms with Crippen LogP contribution in [0.3, 0.4) is 0 Å². The van der Waals surface area contributed by atoms with Crippen molar-refractivity contribution in [2.24, 2.45) is 0 Å². The maximum absolute atomic E-state index is 12.3. The Morgan fingerprint density at radius 3 is 2.56 bits per heavy atom. The van der Waals surface area contributed by atoms with E-state index in [1.807, 2.05) is 29.4 Å². The summed E-state index contributed by atoms with van der Waals surface area (Å²) in [5, 5.41) is 20.1. The Labute approximate surface area is 188 Å². The molecule has 1 saturated heterocycles. The number of benzene rings is 2. The molecular weight excluding hydrogens is 408 g/mol. The normalized spacial score (nSPS) is 14.0. The first-order valence-corrected chi connectivity index (χ1v) is 10.8. The van der Waals surface area contributed by atoms with Crippen LogP contribution in [0.4, 0.5) is 0 Å². The van der Waals surface area contributed by atoms with E-state index in [1.165, 1.54) is 0 Å². The fourth-order valence-corrected chi connectivity index (χ4v) is 3.13. The van der Waals surface area contributed by atoms with Crippen molar-refractivity contribution >= 4 is 11.7 Å². The molecule has 0 aromatic heterocycles. The molecule has 0 bridgehead atoms. The van der Waals surface area contributed by atoms with E-state index < -0.39 is 0 Å². The van der Waals surface area contributed by atoms with Crippen LogP contribution in [-0.4, -0.2) is 54.6 Å². The highest BCUT2D eigenvalue weighted by molar-refractivity contribution is 5.94. The first kappa shape index (κ1) is 23.3. The number of nitrogens with zero attached hydrogens (tertiary/aromatic N) is 1. The van der Waals surface area contributed by atoms with Crippen LogP contribution in [0.5, 0.6) is 17.2 Å². The molecule has 8 nitrogen and oxygen atoms in total. The molecule has 6 N–H and O–H groups in total. The molecule has 1 aliphatic heterocycles. The highest BCUT2D eigenvalue weighted by Gasteiger charge is 2.21. The SMILES string of the molecule is CNC=CC(=[NH2+])[NH2+]Cc1cc(Oc2ccc(C(=O)N3CCC3)cc2)cc(OC(C)CO)c1. The molecule has 1 aliphatic rings. The van der Waals surface area contributed by atoms with Gasteiger partial charge in [0.15, 0.2) is 0 Å². The maximum Gasteiger partial charge on any atom is 0.358 e. The number of carbonyl (C=O) groups is 1. The predicted octanol–water partition coefficient (Wildman–Crippen LogP) is 0.0385. The number of aliphatic hydroxyl groups excluding tert-OH is 1. The van der Waals surface area contributed by atoms with Gasteiger partial charge < -0.3 is 24.8 Å². The quantitative estimate of drug-likeness (QED) is 0.308. The zero-order valence-electron chi connectivity index (χ0n) is 18.6. The molecular formula is C24H32N4O4+2. The number of carbonyl (C=O) groups excluding carboxylic acids is 1. The van der Waals surface area contributed by atoms with Crippen LogP contribution >= 0.6 is 0 Å². The second kappa shape index (κ2) is 11.3. The third kappa shape index (κ3) is 6.57. The Kier molecular flexibility index (Phi) is 8.24. The monoisotopic (exact) mass is 440 g/mol. The van der Waals surface area contributed by atoms with Gasteiger partial charge in [0.05, 0.1) is 12.7 Å². The van der Waals surface area contributed by atoms with Gasteiger partial charge in [-0.3, -0.25) is 10.1 Å². The molecule has 0 aliphatic carbocycles. The molecule has 0 radical (unpaired) electrons. The van der Waals surface area contributed by atoms with Gasteiger partial charge in [0.25, 0.3) is 5.91 Å². The summed E-state index contributed by atoms with van der Waals surface area (Å²) in [7, 11) is 1.81. The van der Waals surface area contributed by atoms with Crippen LogP contribution < -0.4 is 25.5 Å². The van der Waals surface area contributed by atoms with Gasteiger partial charge in [-0.05, 0) is 49.7 Å². The first-order chi connectivity index (χ1) is 15.5. The average Bonchev–Trinajstić information content (AvgIpc) is 2.75. The number of nitrogens with two attached hydrogens (primary N) is 2. The van der Waals surface area contributed by atoms with Crippen LogP contribution in [0.1, 0.15) is 29.3 Å². The lowest BCUT2D eigenvalue weighted by Crippen LogP contribution is -2.92. The minimum Gasteiger partial charge on any atom is -0.488 e. The van der Waals surface area contributed by atoms with Gasteiger partial charge in [0.2, 0.25) is 0 Å². The van der Waals surface area contributed by atoms with Crippen molar-refractivity contribution < 1.29 is 30.1 Å². The molecule has 0 saturated carbocycles. The van der Waals surface area contributed by atoms with E-state index in [0.29, 0.717) is 35.2 Å². The Morgan fingerprint density at radius 1 is 1.22 bits per heavy atom. The Hall–Kier alpha value is -3.36. The standard InChI is InChI=1S/C24H30N4O4/c1-17(16-29)31-21-12-18(15-27-23(25)8-9-26-2)13-22(14-21)32-20-6-4-19(5-7-20)24(30)28-10-3-11-28/h4-9,12-14,17,26,29H,3,10-11,15-16H2,1-2H3,(H2,25,27)/p+2. The molecule has 8 heteroatoms. The highest BCUT2D eigenvalue weighted by atomic mass is 16.5. The van der Waals surface area contributed by atoms with Crippen LogP contribution in [0.25, 0.3) is 0 Å². The lowest BCUT2D eigenvalue weighted by atomic mass is 10.1. The minimum atomic E-state index is -0.343. The summed E-state index contributed by atoms with van der Waals surface area (Å²) in [6.07, 6.45) is 4.27. The summed E-state index contributed by atoms with van der Waals surface area (Å²) in [6.45, 7) is 3.94. The fourth-order valence-electron chi connectivity index (χ4n) is 3.13. The van der Waals surface area contributed by atoms with E-state index in [-0.39, 0.29) is 18.6 Å². The molecule has 32 heavy (non-hydrogen) atoms. The number of quaternary nitrogens is 1. The number of rotatable bonds is 10. The number of amides is 1. The topological polar surface area (TPSA) is 113 Å². The van der Waals surface area contributed by atoms with Crippen molar-refractivity contribution in [2.45, 2.75) is 26.0 Å². The summed E-state index contributed by atoms with van der Waals surface area (Å²) in [4.78, 5) is 14.2. The molecule has 0 spiro atoms. The Bertz CT molecular complexity index is 955. The van der Waals surface area contributed by atoms with Crippen molar-refractivity contribution in [3.63, 3.8) is 0 Å². The van der Waals surface area contributed by atoms with E-state index in [9.17, 15) is 9.90 Å². The second-order valence-electron chi connectivity index (χ2n) is 7.73. The van der Waals surface area contributed by atoms with Gasteiger partial charge in [-0.25, -0.2) is 5.41 Å². The maximum atomic E-state index is 12.3. The number of nitrogens with one attached hydrogen (secondary N) is 1. The molecule has 2 aromatic rings. The summed E-state index contributed by atoms with van der Waals surface area (Å²) in [6, 6.07) is 12.7. The number of aliphatic hydroxyl groups is 1. The van der Waals surface area contributed by atoms with Crippen LogP contribution in [0, 0.1) is 0 Å². The van der Waals surface area contributed by atoms with E-state index in [0.717, 1.165) is 25.1 Å². The number of hydrogen-bond acceptors (Lipinski definition) is 5. The van der Waals surface area contributed by atoms with Crippen molar-refractivity contribution in [3.8, 4) is 17.2 Å². The van der Waals surface area contributed by atoms with Crippen LogP contribution in [-0.2, 0) is 6.54 Å². The molecule has 3 rings (SSSR count). The third-order valence-corrected chi connectivity index (χ3v) is 5.03. The smallest absolute Gasteiger partial charge is 0.358 e. The third-order valence-electron chi connectivity index (χ3n) is 5.03. The fraction of sp³-hybridized carbons (Fsp3) is 0.333. The predicted molar refractivity (Wildman–Crippen MR) is 121 cm³/mol. The number of hydrogen-bond donors (Lipinski definition) is 4. The molecule has 1 amide bonds. The van der Waals surface area contributed by atoms with Gasteiger partial charge in [0.1, 0.15) is 29.9 Å². The molecule has 170 valence electrons. The summed E-state index contributed by atoms with van der Waals surface area (Å²) < 4.78 is 11.8. The number of ether oxygens (including phenoxy) is 2. The molecule has 2 aromatic carbocycles. The van der Waals surface area contributed by atoms with Crippen molar-refractivity contribution in [1.29, 1.82) is 0 Å². The first-order valence-electron chi connectivity index (χ1n) is 10.8. The molecule has 1 atom stereocenters. The summed E-state index contributed by atoms with van der Waals surface area (Å²) >= 11 is 0. The zero-order chi connectivity index (χ0) is 22.9. The zero-order valence-corrected chi connectivity index (χ0v) is 18.6. The number of amidine groups is 1. The van der Waals surface area contributed by atoms with E-state index in [2.05, 4.69) is 5.32 Å². The Morgan fingerprint density at radius 2 is 1.94 bits per heavy atom. The molecule has 1 heterocycles. The van der Waals surface area contributed by atoms with Crippen molar-refractivity contribution in [1.82, 2.24) is 10.2 Å². The second-order valence-corrected chi connectivity index (χ2v) is 7.73. The summed E-state index contributed by atoms with van der Waals surface area (Å²) in [5.41, 5.74) is 1.61. The van der Waals surface area contributed by atoms with Crippen LogP contribution in [0.2, 0.25) is 0 Å². The average molecular weight is 441 g/mol. The van der Waals surface area contributed by atoms with Crippen LogP contribution in [0.15, 0.2) is 54.7 Å². The van der Waals surface area contributed by atoms with Gasteiger partial charge >= 0.3 is 5.84 Å².